The first-order valence-electron chi connectivity index (χ1n) is 5.98. The summed E-state index contributed by atoms with van der Waals surface area (Å²) in [5.41, 5.74) is 5.52. The molecule has 0 spiro atoms. The second-order valence-corrected chi connectivity index (χ2v) is 4.11. The Labute approximate surface area is 116 Å². The standard InChI is InChI=1S/C14H15N3O3/c1-17-9-5-7-11(17)14(19)16-15-13(18)10-6-3-4-8-12(10)20-2/h3-9H,1-2H3,(H,15,18)(H,16,19). The van der Waals surface area contributed by atoms with Crippen molar-refractivity contribution in [1.82, 2.24) is 15.4 Å². The van der Waals surface area contributed by atoms with Crippen molar-refractivity contribution in [3.63, 3.8) is 0 Å². The summed E-state index contributed by atoms with van der Waals surface area (Å²) in [5.74, 6) is -0.385. The summed E-state index contributed by atoms with van der Waals surface area (Å²) >= 11 is 0. The number of nitrogens with one attached hydrogen (secondary N) is 2. The van der Waals surface area contributed by atoms with E-state index in [2.05, 4.69) is 10.9 Å². The Morgan fingerprint density at radius 2 is 1.75 bits per heavy atom. The summed E-state index contributed by atoms with van der Waals surface area (Å²) in [4.78, 5) is 23.8. The SMILES string of the molecule is COc1ccccc1C(=O)NNC(=O)c1cccn1C. The van der Waals surface area contributed by atoms with E-state index in [1.165, 1.54) is 7.11 Å². The van der Waals surface area contributed by atoms with Crippen LogP contribution >= 0.6 is 0 Å². The summed E-state index contributed by atoms with van der Waals surface area (Å²) < 4.78 is 6.74. The number of nitrogens with zero attached hydrogens (tertiary/aromatic N) is 1. The fourth-order valence-electron chi connectivity index (χ4n) is 1.77. The van der Waals surface area contributed by atoms with Crippen LogP contribution in [-0.4, -0.2) is 23.5 Å². The van der Waals surface area contributed by atoms with E-state index >= 15 is 0 Å². The van der Waals surface area contributed by atoms with Crippen molar-refractivity contribution in [3.05, 3.63) is 53.9 Å². The van der Waals surface area contributed by atoms with Crippen molar-refractivity contribution in [2.45, 2.75) is 0 Å². The van der Waals surface area contributed by atoms with Crippen LogP contribution in [0, 0.1) is 0 Å². The minimum atomic E-state index is -0.440. The van der Waals surface area contributed by atoms with E-state index in [1.807, 2.05) is 0 Å². The number of hydrogen-bond acceptors (Lipinski definition) is 3. The van der Waals surface area contributed by atoms with Crippen LogP contribution in [0.25, 0.3) is 0 Å². The number of carbonyl (C=O) groups is 2. The number of aromatic nitrogens is 1. The molecule has 6 heteroatoms. The smallest absolute Gasteiger partial charge is 0.286 e. The number of amides is 2. The lowest BCUT2D eigenvalue weighted by molar-refractivity contribution is 0.0840. The lowest BCUT2D eigenvalue weighted by atomic mass is 10.2. The highest BCUT2D eigenvalue weighted by molar-refractivity contribution is 5.99. The Morgan fingerprint density at radius 1 is 1.05 bits per heavy atom. The van der Waals surface area contributed by atoms with E-state index in [9.17, 15) is 9.59 Å². The molecule has 2 N–H and O–H groups in total. The Balaban J connectivity index is 2.02. The van der Waals surface area contributed by atoms with Gasteiger partial charge in [0.05, 0.1) is 12.7 Å². The fraction of sp³-hybridized carbons (Fsp3) is 0.143. The number of ether oxygens (including phenoxy) is 1. The van der Waals surface area contributed by atoms with Crippen molar-refractivity contribution in [2.24, 2.45) is 7.05 Å². The molecule has 2 aromatic rings. The molecule has 0 aliphatic rings. The predicted octanol–water partition coefficient (Wildman–Crippen LogP) is 1.11. The van der Waals surface area contributed by atoms with E-state index in [1.54, 1.807) is 54.2 Å². The van der Waals surface area contributed by atoms with E-state index < -0.39 is 5.91 Å². The van der Waals surface area contributed by atoms with Gasteiger partial charge in [-0.15, -0.1) is 0 Å². The van der Waals surface area contributed by atoms with Gasteiger partial charge in [-0.25, -0.2) is 0 Å². The molecule has 0 bridgehead atoms. The normalized spacial score (nSPS) is 9.90. The highest BCUT2D eigenvalue weighted by Crippen LogP contribution is 2.16. The maximum atomic E-state index is 12.0. The molecule has 20 heavy (non-hydrogen) atoms. The van der Waals surface area contributed by atoms with E-state index in [4.69, 9.17) is 4.74 Å². The Bertz CT molecular complexity index is 634. The Morgan fingerprint density at radius 3 is 2.40 bits per heavy atom. The van der Waals surface area contributed by atoms with Gasteiger partial charge in [0, 0.05) is 13.2 Å². The van der Waals surface area contributed by atoms with Crippen LogP contribution < -0.4 is 15.6 Å². The number of aryl methyl sites for hydroxylation is 1. The van der Waals surface area contributed by atoms with Gasteiger partial charge in [0.25, 0.3) is 11.8 Å². The first-order valence-corrected chi connectivity index (χ1v) is 5.98. The number of hydrogen-bond donors (Lipinski definition) is 2. The average molecular weight is 273 g/mol. The van der Waals surface area contributed by atoms with Crippen molar-refractivity contribution in [3.8, 4) is 5.75 Å². The maximum Gasteiger partial charge on any atom is 0.286 e. The molecule has 0 atom stereocenters. The molecule has 0 aliphatic carbocycles. The molecule has 0 saturated carbocycles. The van der Waals surface area contributed by atoms with Gasteiger partial charge >= 0.3 is 0 Å². The van der Waals surface area contributed by atoms with Gasteiger partial charge in [0.15, 0.2) is 0 Å². The van der Waals surface area contributed by atoms with Gasteiger partial charge in [-0.1, -0.05) is 12.1 Å². The van der Waals surface area contributed by atoms with Gasteiger partial charge in [0.2, 0.25) is 0 Å². The zero-order valence-electron chi connectivity index (χ0n) is 11.2. The van der Waals surface area contributed by atoms with Crippen molar-refractivity contribution in [2.75, 3.05) is 7.11 Å². The van der Waals surface area contributed by atoms with Gasteiger partial charge < -0.3 is 9.30 Å². The van der Waals surface area contributed by atoms with E-state index in [0.29, 0.717) is 17.0 Å². The minimum absolute atomic E-state index is 0.349. The molecule has 1 aromatic heterocycles. The van der Waals surface area contributed by atoms with Gasteiger partial charge in [-0.3, -0.25) is 20.4 Å². The lowest BCUT2D eigenvalue weighted by Crippen LogP contribution is -2.42. The monoisotopic (exact) mass is 273 g/mol. The first-order chi connectivity index (χ1) is 9.63. The lowest BCUT2D eigenvalue weighted by Gasteiger charge is -2.10. The van der Waals surface area contributed by atoms with Crippen LogP contribution in [-0.2, 0) is 7.05 Å². The van der Waals surface area contributed by atoms with Crippen molar-refractivity contribution in [1.29, 1.82) is 0 Å². The Kier molecular flexibility index (Phi) is 4.05. The van der Waals surface area contributed by atoms with Gasteiger partial charge in [-0.05, 0) is 24.3 Å². The molecule has 1 aromatic carbocycles. The molecule has 104 valence electrons. The van der Waals surface area contributed by atoms with Crippen LogP contribution in [0.5, 0.6) is 5.75 Å². The second kappa shape index (κ2) is 5.92. The molecule has 0 radical (unpaired) electrons. The zero-order chi connectivity index (χ0) is 14.5. The average Bonchev–Trinajstić information content (AvgIpc) is 2.90. The number of benzene rings is 1. The third-order valence-corrected chi connectivity index (χ3v) is 2.82. The topological polar surface area (TPSA) is 72.4 Å². The van der Waals surface area contributed by atoms with Crippen molar-refractivity contribution >= 4 is 11.8 Å². The summed E-state index contributed by atoms with van der Waals surface area (Å²) in [6.45, 7) is 0. The third-order valence-electron chi connectivity index (χ3n) is 2.82. The molecule has 0 fully saturated rings. The molecule has 6 nitrogen and oxygen atoms in total. The summed E-state index contributed by atoms with van der Waals surface area (Å²) in [5, 5.41) is 0. The van der Waals surface area contributed by atoms with Crippen LogP contribution in [0.3, 0.4) is 0 Å². The number of para-hydroxylation sites is 1. The molecule has 0 aliphatic heterocycles. The number of hydrazine groups is 1. The first kappa shape index (κ1) is 13.7. The predicted molar refractivity (Wildman–Crippen MR) is 73.3 cm³/mol. The largest absolute Gasteiger partial charge is 0.496 e. The van der Waals surface area contributed by atoms with Crippen LogP contribution in [0.1, 0.15) is 20.8 Å². The third kappa shape index (κ3) is 2.80. The Hall–Kier alpha value is -2.76. The molecule has 1 heterocycles. The van der Waals surface area contributed by atoms with Crippen LogP contribution in [0.2, 0.25) is 0 Å². The summed E-state index contributed by atoms with van der Waals surface area (Å²) in [6.07, 6.45) is 1.75. The van der Waals surface area contributed by atoms with Gasteiger partial charge in [-0.2, -0.15) is 0 Å². The van der Waals surface area contributed by atoms with Crippen LogP contribution in [0.15, 0.2) is 42.6 Å². The molecular formula is C14H15N3O3. The van der Waals surface area contributed by atoms with Gasteiger partial charge in [0.1, 0.15) is 11.4 Å². The van der Waals surface area contributed by atoms with E-state index in [-0.39, 0.29) is 5.91 Å². The highest BCUT2D eigenvalue weighted by atomic mass is 16.5. The van der Waals surface area contributed by atoms with E-state index in [0.717, 1.165) is 0 Å². The molecule has 2 amide bonds. The molecule has 0 saturated heterocycles. The maximum absolute atomic E-state index is 12.0. The molecular weight excluding hydrogens is 258 g/mol. The molecule has 2 rings (SSSR count). The highest BCUT2D eigenvalue weighted by Gasteiger charge is 2.13. The molecule has 0 unspecified atom stereocenters. The summed E-state index contributed by atoms with van der Waals surface area (Å²) in [7, 11) is 3.23. The summed E-state index contributed by atoms with van der Waals surface area (Å²) in [6, 6.07) is 10.2. The van der Waals surface area contributed by atoms with Crippen molar-refractivity contribution < 1.29 is 14.3 Å². The van der Waals surface area contributed by atoms with Crippen LogP contribution in [0.4, 0.5) is 0 Å². The second-order valence-electron chi connectivity index (χ2n) is 4.11. The fourth-order valence-corrected chi connectivity index (χ4v) is 1.77. The number of carbonyl (C=O) groups excluding carboxylic acids is 2. The minimum Gasteiger partial charge on any atom is -0.496 e. The quantitative estimate of drug-likeness (QED) is 0.823. The zero-order valence-corrected chi connectivity index (χ0v) is 11.2. The number of rotatable bonds is 3. The number of methoxy groups -OCH3 is 1.